The van der Waals surface area contributed by atoms with E-state index < -0.39 is 0 Å². The minimum absolute atomic E-state index is 0.0230. The number of fused-ring (bicyclic) bond motifs is 7. The first kappa shape index (κ1) is 25.8. The maximum atomic E-state index is 11.9. The Balaban J connectivity index is 1.53. The molecule has 0 saturated heterocycles. The van der Waals surface area contributed by atoms with E-state index in [1.807, 2.05) is 0 Å². The maximum absolute atomic E-state index is 11.9. The average Bonchev–Trinajstić information content (AvgIpc) is 3.16. The van der Waals surface area contributed by atoms with Crippen LogP contribution in [0.1, 0.15) is 120 Å². The molecule has 35 heavy (non-hydrogen) atoms. The monoisotopic (exact) mass is 484 g/mol. The molecule has 0 aliphatic heterocycles. The Kier molecular flexibility index (Phi) is 5.96. The van der Waals surface area contributed by atoms with Crippen LogP contribution >= 0.6 is 0 Å². The fourth-order valence-corrected chi connectivity index (χ4v) is 11.4. The Bertz CT molecular complexity index is 916. The predicted molar refractivity (Wildman–Crippen MR) is 142 cm³/mol. The molecule has 1 N–H and O–H groups in total. The van der Waals surface area contributed by atoms with Crippen molar-refractivity contribution in [3.8, 4) is 0 Å². The first-order valence-corrected chi connectivity index (χ1v) is 14.8. The summed E-state index contributed by atoms with van der Waals surface area (Å²) in [6.07, 6.45) is 12.2. The summed E-state index contributed by atoms with van der Waals surface area (Å²) in [6.45, 7) is 19.4. The van der Waals surface area contributed by atoms with Crippen LogP contribution in [0.25, 0.3) is 0 Å². The quantitative estimate of drug-likeness (QED) is 0.329. The number of ether oxygens (including phenoxy) is 1. The van der Waals surface area contributed by atoms with Gasteiger partial charge in [0.15, 0.2) is 0 Å². The van der Waals surface area contributed by atoms with E-state index in [1.165, 1.54) is 57.8 Å². The van der Waals surface area contributed by atoms with Crippen molar-refractivity contribution in [3.63, 3.8) is 0 Å². The average molecular weight is 485 g/mol. The summed E-state index contributed by atoms with van der Waals surface area (Å²) in [5.74, 6) is 2.43. The molecule has 5 aliphatic rings. The second-order valence-electron chi connectivity index (χ2n) is 15.1. The number of hydrogen-bond donors (Lipinski definition) is 1. The Labute approximate surface area is 214 Å². The van der Waals surface area contributed by atoms with Crippen molar-refractivity contribution < 1.29 is 14.6 Å². The number of aliphatic hydroxyl groups is 1. The second-order valence-corrected chi connectivity index (χ2v) is 15.1. The van der Waals surface area contributed by atoms with Crippen LogP contribution in [0, 0.1) is 50.7 Å². The van der Waals surface area contributed by atoms with Gasteiger partial charge in [-0.05, 0) is 104 Å². The molecule has 0 aromatic heterocycles. The standard InChI is InChI=1S/C32H52O3/c1-20(2)22-11-16-32(19-33)18-17-30(7)23(27(22)32)9-10-25-29(6)14-13-26(35-21(3)34)28(4,5)24(29)12-15-31(25,30)8/h20,23-26,33H,9-19H2,1-8H3/t23-,24+,25-,26+,29+,30-,31-,32-/m1/s1. The normalized spacial score (nSPS) is 48.6. The van der Waals surface area contributed by atoms with Crippen molar-refractivity contribution in [2.45, 2.75) is 126 Å². The lowest BCUT2D eigenvalue weighted by Crippen LogP contribution is -2.65. The van der Waals surface area contributed by atoms with Gasteiger partial charge in [0.1, 0.15) is 6.10 Å². The van der Waals surface area contributed by atoms with E-state index in [0.29, 0.717) is 40.6 Å². The molecule has 4 saturated carbocycles. The summed E-state index contributed by atoms with van der Waals surface area (Å²) in [6, 6.07) is 0. The number of allylic oxidation sites excluding steroid dienone is 1. The van der Waals surface area contributed by atoms with E-state index in [2.05, 4.69) is 48.5 Å². The first-order chi connectivity index (χ1) is 16.3. The smallest absolute Gasteiger partial charge is 0.302 e. The van der Waals surface area contributed by atoms with Crippen molar-refractivity contribution in [1.29, 1.82) is 0 Å². The minimum Gasteiger partial charge on any atom is -0.462 e. The SMILES string of the molecule is CC(=O)O[C@H]1CC[C@]2(C)[C@H]3CC[C@@H]4C5=C(C(C)C)CC[C@]5(CO)CC[C@@]4(C)[C@]3(C)CC[C@H]2C1(C)C. The molecule has 0 bridgehead atoms. The number of carbonyl (C=O) groups excluding carboxylic acids is 1. The van der Waals surface area contributed by atoms with Gasteiger partial charge in [0.2, 0.25) is 0 Å². The molecule has 0 amide bonds. The van der Waals surface area contributed by atoms with Gasteiger partial charge < -0.3 is 9.84 Å². The van der Waals surface area contributed by atoms with E-state index in [1.54, 1.807) is 18.1 Å². The Morgan fingerprint density at radius 3 is 2.26 bits per heavy atom. The molecule has 5 aliphatic carbocycles. The zero-order valence-corrected chi connectivity index (χ0v) is 23.9. The van der Waals surface area contributed by atoms with Gasteiger partial charge in [0.05, 0.1) is 6.61 Å². The van der Waals surface area contributed by atoms with Crippen LogP contribution in [-0.4, -0.2) is 23.8 Å². The highest BCUT2D eigenvalue weighted by Crippen LogP contribution is 2.76. The Morgan fingerprint density at radius 1 is 0.914 bits per heavy atom. The lowest BCUT2D eigenvalue weighted by Gasteiger charge is -2.72. The number of rotatable bonds is 3. The number of aliphatic hydroxyl groups excluding tert-OH is 1. The molecule has 0 spiro atoms. The summed E-state index contributed by atoms with van der Waals surface area (Å²) < 4.78 is 5.90. The van der Waals surface area contributed by atoms with Gasteiger partial charge in [-0.15, -0.1) is 0 Å². The molecule has 0 aromatic rings. The molecule has 8 atom stereocenters. The fraction of sp³-hybridized carbons (Fsp3) is 0.906. The summed E-state index contributed by atoms with van der Waals surface area (Å²) in [4.78, 5) is 11.9. The van der Waals surface area contributed by atoms with Crippen molar-refractivity contribution in [2.24, 2.45) is 50.7 Å². The van der Waals surface area contributed by atoms with Gasteiger partial charge in [-0.1, -0.05) is 59.6 Å². The molecule has 4 fully saturated rings. The van der Waals surface area contributed by atoms with Gasteiger partial charge in [-0.2, -0.15) is 0 Å². The molecule has 0 unspecified atom stereocenters. The maximum Gasteiger partial charge on any atom is 0.302 e. The molecule has 0 aromatic carbocycles. The molecule has 3 heteroatoms. The van der Waals surface area contributed by atoms with Gasteiger partial charge in [0, 0.05) is 17.8 Å². The van der Waals surface area contributed by atoms with E-state index in [9.17, 15) is 9.90 Å². The predicted octanol–water partition coefficient (Wildman–Crippen LogP) is 7.71. The second kappa shape index (κ2) is 8.08. The minimum atomic E-state index is -0.124. The lowest BCUT2D eigenvalue weighted by molar-refractivity contribution is -0.233. The highest BCUT2D eigenvalue weighted by molar-refractivity contribution is 5.66. The third-order valence-corrected chi connectivity index (χ3v) is 13.4. The molecular weight excluding hydrogens is 432 g/mol. The zero-order chi connectivity index (χ0) is 25.6. The fourth-order valence-electron chi connectivity index (χ4n) is 11.4. The lowest BCUT2D eigenvalue weighted by atomic mass is 9.33. The Hall–Kier alpha value is -0.830. The molecule has 3 nitrogen and oxygen atoms in total. The van der Waals surface area contributed by atoms with E-state index >= 15 is 0 Å². The summed E-state index contributed by atoms with van der Waals surface area (Å²) in [5.41, 5.74) is 4.43. The largest absolute Gasteiger partial charge is 0.462 e. The van der Waals surface area contributed by atoms with Crippen LogP contribution in [0.15, 0.2) is 11.1 Å². The highest BCUT2D eigenvalue weighted by atomic mass is 16.5. The number of esters is 1. The van der Waals surface area contributed by atoms with Crippen LogP contribution in [0.2, 0.25) is 0 Å². The topological polar surface area (TPSA) is 46.5 Å². The van der Waals surface area contributed by atoms with Crippen molar-refractivity contribution in [3.05, 3.63) is 11.1 Å². The van der Waals surface area contributed by atoms with Crippen LogP contribution in [0.5, 0.6) is 0 Å². The van der Waals surface area contributed by atoms with E-state index in [4.69, 9.17) is 4.74 Å². The van der Waals surface area contributed by atoms with Crippen LogP contribution < -0.4 is 0 Å². The molecule has 0 heterocycles. The third kappa shape index (κ3) is 3.28. The van der Waals surface area contributed by atoms with Crippen LogP contribution in [0.4, 0.5) is 0 Å². The summed E-state index contributed by atoms with van der Waals surface area (Å²) >= 11 is 0. The van der Waals surface area contributed by atoms with Crippen molar-refractivity contribution in [1.82, 2.24) is 0 Å². The van der Waals surface area contributed by atoms with Gasteiger partial charge in [-0.25, -0.2) is 0 Å². The molecule has 0 radical (unpaired) electrons. The van der Waals surface area contributed by atoms with Crippen LogP contribution in [0.3, 0.4) is 0 Å². The van der Waals surface area contributed by atoms with Crippen molar-refractivity contribution in [2.75, 3.05) is 6.61 Å². The van der Waals surface area contributed by atoms with Gasteiger partial charge in [-0.3, -0.25) is 4.79 Å². The molecular formula is C32H52O3. The Morgan fingerprint density at radius 2 is 1.63 bits per heavy atom. The first-order valence-electron chi connectivity index (χ1n) is 14.8. The van der Waals surface area contributed by atoms with E-state index in [0.717, 1.165) is 12.3 Å². The van der Waals surface area contributed by atoms with Crippen molar-refractivity contribution >= 4 is 5.97 Å². The highest BCUT2D eigenvalue weighted by Gasteiger charge is 2.69. The van der Waals surface area contributed by atoms with E-state index in [-0.39, 0.29) is 22.9 Å². The van der Waals surface area contributed by atoms with Crippen LogP contribution in [-0.2, 0) is 9.53 Å². The van der Waals surface area contributed by atoms with Gasteiger partial charge in [0.25, 0.3) is 0 Å². The number of carbonyl (C=O) groups is 1. The third-order valence-electron chi connectivity index (χ3n) is 13.4. The zero-order valence-electron chi connectivity index (χ0n) is 23.9. The van der Waals surface area contributed by atoms with Gasteiger partial charge >= 0.3 is 5.97 Å². The number of hydrogen-bond acceptors (Lipinski definition) is 3. The summed E-state index contributed by atoms with van der Waals surface area (Å²) in [5, 5.41) is 10.7. The molecule has 5 rings (SSSR count). The summed E-state index contributed by atoms with van der Waals surface area (Å²) in [7, 11) is 0. The molecule has 198 valence electrons.